The van der Waals surface area contributed by atoms with Crippen molar-refractivity contribution < 1.29 is 9.50 Å². The highest BCUT2D eigenvalue weighted by atomic mass is 19.1. The van der Waals surface area contributed by atoms with Crippen LogP contribution >= 0.6 is 0 Å². The summed E-state index contributed by atoms with van der Waals surface area (Å²) in [5.74, 6) is -0.311. The summed E-state index contributed by atoms with van der Waals surface area (Å²) in [5.41, 5.74) is 5.51. The maximum Gasteiger partial charge on any atom is 0.153 e. The first-order valence-corrected chi connectivity index (χ1v) is 3.85. The lowest BCUT2D eigenvalue weighted by molar-refractivity contribution is 0.476. The summed E-state index contributed by atoms with van der Waals surface area (Å²) in [6.07, 6.45) is 0. The van der Waals surface area contributed by atoms with Gasteiger partial charge in [-0.05, 0) is 29.7 Å². The van der Waals surface area contributed by atoms with E-state index >= 15 is 0 Å². The quantitative estimate of drug-likeness (QED) is 0.606. The lowest BCUT2D eigenvalue weighted by Gasteiger charge is -2.02. The molecule has 0 aliphatic rings. The van der Waals surface area contributed by atoms with Gasteiger partial charge in [-0.2, -0.15) is 0 Å². The van der Waals surface area contributed by atoms with E-state index in [4.69, 9.17) is 10.8 Å². The third-order valence-electron chi connectivity index (χ3n) is 1.97. The highest BCUT2D eigenvalue weighted by Crippen LogP contribution is 2.25. The Kier molecular flexibility index (Phi) is 1.59. The number of phenolic OH excluding ortho intramolecular Hbond substituents is 1. The zero-order valence-corrected chi connectivity index (χ0v) is 6.79. The number of phenols is 1. The lowest BCUT2D eigenvalue weighted by Crippen LogP contribution is -1.90. The van der Waals surface area contributed by atoms with Gasteiger partial charge in [-0.25, -0.2) is 4.39 Å². The molecule has 0 saturated carbocycles. The predicted molar refractivity (Wildman–Crippen MR) is 50.0 cm³/mol. The Morgan fingerprint density at radius 2 is 1.92 bits per heavy atom. The van der Waals surface area contributed by atoms with Crippen molar-refractivity contribution in [2.45, 2.75) is 0 Å². The highest BCUT2D eigenvalue weighted by Gasteiger charge is 2.04. The van der Waals surface area contributed by atoms with Gasteiger partial charge in [0.05, 0.1) is 5.69 Å². The van der Waals surface area contributed by atoms with Crippen LogP contribution in [0.2, 0.25) is 0 Å². The topological polar surface area (TPSA) is 46.2 Å². The number of aromatic hydroxyl groups is 1. The molecule has 0 spiro atoms. The number of hydrogen-bond donors (Lipinski definition) is 2. The maximum absolute atomic E-state index is 13.3. The average molecular weight is 177 g/mol. The van der Waals surface area contributed by atoms with E-state index in [0.717, 1.165) is 0 Å². The fourth-order valence-electron chi connectivity index (χ4n) is 1.30. The van der Waals surface area contributed by atoms with E-state index in [1.54, 1.807) is 6.07 Å². The Bertz CT molecular complexity index is 468. The summed E-state index contributed by atoms with van der Waals surface area (Å²) in [5, 5.41) is 10.2. The molecule has 0 aliphatic carbocycles. The number of anilines is 1. The van der Waals surface area contributed by atoms with Gasteiger partial charge in [-0.3, -0.25) is 0 Å². The molecule has 0 bridgehead atoms. The summed E-state index contributed by atoms with van der Waals surface area (Å²) in [6.45, 7) is 0. The van der Waals surface area contributed by atoms with Crippen LogP contribution in [0.3, 0.4) is 0 Å². The maximum atomic E-state index is 13.3. The number of hydrogen-bond acceptors (Lipinski definition) is 2. The molecule has 2 aromatic carbocycles. The van der Waals surface area contributed by atoms with E-state index in [-0.39, 0.29) is 11.4 Å². The Morgan fingerprint density at radius 1 is 1.15 bits per heavy atom. The molecule has 0 fully saturated rings. The van der Waals surface area contributed by atoms with Crippen molar-refractivity contribution in [1.82, 2.24) is 0 Å². The first kappa shape index (κ1) is 7.86. The van der Waals surface area contributed by atoms with E-state index in [0.29, 0.717) is 10.8 Å². The average Bonchev–Trinajstić information content (AvgIpc) is 2.12. The number of fused-ring (bicyclic) bond motifs is 1. The largest absolute Gasteiger partial charge is 0.508 e. The number of rotatable bonds is 0. The number of nitrogen functional groups attached to an aromatic ring is 1. The smallest absolute Gasteiger partial charge is 0.153 e. The monoisotopic (exact) mass is 177 g/mol. The van der Waals surface area contributed by atoms with Crippen LogP contribution in [-0.2, 0) is 0 Å². The van der Waals surface area contributed by atoms with Crippen molar-refractivity contribution in [3.63, 3.8) is 0 Å². The molecule has 0 radical (unpaired) electrons. The van der Waals surface area contributed by atoms with Crippen LogP contribution in [0.4, 0.5) is 10.1 Å². The molecular formula is C10H8FNO. The van der Waals surface area contributed by atoms with Crippen LogP contribution in [0, 0.1) is 5.82 Å². The Hall–Kier alpha value is -1.77. The minimum absolute atomic E-state index is 0.122. The lowest BCUT2D eigenvalue weighted by atomic mass is 10.1. The third kappa shape index (κ3) is 1.18. The second kappa shape index (κ2) is 2.62. The minimum Gasteiger partial charge on any atom is -0.508 e. The normalized spacial score (nSPS) is 10.5. The zero-order valence-electron chi connectivity index (χ0n) is 6.79. The van der Waals surface area contributed by atoms with Gasteiger partial charge in [-0.15, -0.1) is 0 Å². The van der Waals surface area contributed by atoms with Gasteiger partial charge in [0.25, 0.3) is 0 Å². The van der Waals surface area contributed by atoms with Crippen molar-refractivity contribution in [3.05, 3.63) is 36.1 Å². The molecule has 3 N–H and O–H groups in total. The van der Waals surface area contributed by atoms with E-state index in [1.165, 1.54) is 24.3 Å². The number of nitrogens with two attached hydrogens (primary N) is 1. The first-order valence-electron chi connectivity index (χ1n) is 3.85. The van der Waals surface area contributed by atoms with Crippen LogP contribution in [0.25, 0.3) is 10.8 Å². The Balaban J connectivity index is 2.87. The van der Waals surface area contributed by atoms with Gasteiger partial charge < -0.3 is 10.8 Å². The van der Waals surface area contributed by atoms with Crippen LogP contribution < -0.4 is 5.73 Å². The van der Waals surface area contributed by atoms with E-state index < -0.39 is 5.82 Å². The second-order valence-corrected chi connectivity index (χ2v) is 2.87. The molecule has 0 amide bonds. The molecule has 0 aromatic heterocycles. The summed E-state index contributed by atoms with van der Waals surface area (Å²) < 4.78 is 13.3. The molecule has 0 unspecified atom stereocenters. The molecular weight excluding hydrogens is 169 g/mol. The molecule has 0 aliphatic heterocycles. The molecule has 0 saturated heterocycles. The molecule has 0 atom stereocenters. The van der Waals surface area contributed by atoms with E-state index in [2.05, 4.69) is 0 Å². The molecule has 2 nitrogen and oxygen atoms in total. The van der Waals surface area contributed by atoms with Crippen LogP contribution in [0.5, 0.6) is 5.75 Å². The van der Waals surface area contributed by atoms with Crippen molar-refractivity contribution in [3.8, 4) is 5.75 Å². The fraction of sp³-hybridized carbons (Fsp3) is 0. The fourth-order valence-corrected chi connectivity index (χ4v) is 1.30. The van der Waals surface area contributed by atoms with Gasteiger partial charge in [0, 0.05) is 5.39 Å². The van der Waals surface area contributed by atoms with Crippen LogP contribution in [0.15, 0.2) is 30.3 Å². The predicted octanol–water partition coefficient (Wildman–Crippen LogP) is 2.27. The number of halogens is 1. The third-order valence-corrected chi connectivity index (χ3v) is 1.97. The summed E-state index contributed by atoms with van der Waals surface area (Å²) in [6, 6.07) is 7.60. The zero-order chi connectivity index (χ0) is 9.42. The highest BCUT2D eigenvalue weighted by molar-refractivity contribution is 5.87. The van der Waals surface area contributed by atoms with Gasteiger partial charge in [0.2, 0.25) is 0 Å². The van der Waals surface area contributed by atoms with Crippen LogP contribution in [-0.4, -0.2) is 5.11 Å². The summed E-state index contributed by atoms with van der Waals surface area (Å²) in [7, 11) is 0. The summed E-state index contributed by atoms with van der Waals surface area (Å²) in [4.78, 5) is 0. The van der Waals surface area contributed by atoms with E-state index in [9.17, 15) is 4.39 Å². The van der Waals surface area contributed by atoms with Crippen molar-refractivity contribution in [2.75, 3.05) is 5.73 Å². The number of benzene rings is 2. The standard InChI is InChI=1S/C10H8FNO/c11-10-8-3-2-7(13)5-6(8)1-4-9(10)12/h1-5,13H,12H2. The summed E-state index contributed by atoms with van der Waals surface area (Å²) >= 11 is 0. The molecule has 3 heteroatoms. The first-order chi connectivity index (χ1) is 6.18. The minimum atomic E-state index is -0.433. The molecule has 13 heavy (non-hydrogen) atoms. The van der Waals surface area contributed by atoms with Gasteiger partial charge >= 0.3 is 0 Å². The van der Waals surface area contributed by atoms with Crippen molar-refractivity contribution in [1.29, 1.82) is 0 Å². The van der Waals surface area contributed by atoms with E-state index in [1.807, 2.05) is 0 Å². The van der Waals surface area contributed by atoms with Crippen molar-refractivity contribution >= 4 is 16.5 Å². The second-order valence-electron chi connectivity index (χ2n) is 2.87. The van der Waals surface area contributed by atoms with Crippen LogP contribution in [0.1, 0.15) is 0 Å². The molecule has 2 aromatic rings. The SMILES string of the molecule is Nc1ccc2cc(O)ccc2c1F. The Labute approximate surface area is 74.4 Å². The van der Waals surface area contributed by atoms with Gasteiger partial charge in [0.1, 0.15) is 5.75 Å². The Morgan fingerprint density at radius 3 is 2.69 bits per heavy atom. The van der Waals surface area contributed by atoms with Gasteiger partial charge in [-0.1, -0.05) is 6.07 Å². The van der Waals surface area contributed by atoms with Gasteiger partial charge in [0.15, 0.2) is 5.82 Å². The molecule has 2 rings (SSSR count). The molecule has 66 valence electrons. The van der Waals surface area contributed by atoms with Crippen molar-refractivity contribution in [2.24, 2.45) is 0 Å². The molecule has 0 heterocycles.